The van der Waals surface area contributed by atoms with Gasteiger partial charge in [-0.15, -0.1) is 0 Å². The molecule has 4 aromatic rings. The van der Waals surface area contributed by atoms with Gasteiger partial charge in [-0.1, -0.05) is 30.3 Å². The number of urea groups is 1. The highest BCUT2D eigenvalue weighted by Crippen LogP contribution is 2.39. The van der Waals surface area contributed by atoms with Crippen molar-refractivity contribution >= 4 is 34.8 Å². The van der Waals surface area contributed by atoms with E-state index in [2.05, 4.69) is 20.6 Å². The van der Waals surface area contributed by atoms with E-state index in [1.807, 2.05) is 55.5 Å². The largest absolute Gasteiger partial charge is 0.436 e. The lowest BCUT2D eigenvalue weighted by Crippen LogP contribution is -2.58. The quantitative estimate of drug-likeness (QED) is 0.298. The number of oxazole rings is 1. The number of hydrogen-bond donors (Lipinski definition) is 3. The number of aryl methyl sites for hydroxylation is 1. The zero-order valence-electron chi connectivity index (χ0n) is 25.6. The Morgan fingerprint density at radius 1 is 1.02 bits per heavy atom. The summed E-state index contributed by atoms with van der Waals surface area (Å²) in [6.07, 6.45) is 2.81. The van der Waals surface area contributed by atoms with E-state index in [4.69, 9.17) is 9.15 Å². The van der Waals surface area contributed by atoms with E-state index in [9.17, 15) is 19.2 Å². The van der Waals surface area contributed by atoms with Gasteiger partial charge in [0.1, 0.15) is 0 Å². The van der Waals surface area contributed by atoms with Gasteiger partial charge in [0.05, 0.1) is 11.1 Å². The molecular weight excluding hydrogens is 588 g/mol. The van der Waals surface area contributed by atoms with Crippen LogP contribution in [0.25, 0.3) is 11.1 Å². The fraction of sp³-hybridized carbons (Fsp3) is 0.382. The molecule has 46 heavy (non-hydrogen) atoms. The molecule has 4 amide bonds. The smallest absolute Gasteiger partial charge is 0.417 e. The van der Waals surface area contributed by atoms with Gasteiger partial charge in [-0.2, -0.15) is 0 Å². The first-order chi connectivity index (χ1) is 22.3. The molecule has 3 aliphatic rings. The second-order valence-electron chi connectivity index (χ2n) is 12.4. The van der Waals surface area contributed by atoms with Gasteiger partial charge in [-0.25, -0.2) is 14.4 Å². The number of amides is 4. The van der Waals surface area contributed by atoms with E-state index >= 15 is 0 Å². The first-order valence-electron chi connectivity index (χ1n) is 15.7. The number of carbonyl (C=O) groups excluding carboxylic acids is 3. The minimum absolute atomic E-state index is 0.128. The molecule has 2 fully saturated rings. The number of piperidine rings is 2. The minimum Gasteiger partial charge on any atom is -0.436 e. The maximum absolute atomic E-state index is 14.0. The number of H-pyrrole nitrogens is 1. The number of para-hydroxylation sites is 1. The zero-order chi connectivity index (χ0) is 31.8. The lowest BCUT2D eigenvalue weighted by Gasteiger charge is -2.45. The number of pyridine rings is 1. The molecule has 0 radical (unpaired) electrons. The van der Waals surface area contributed by atoms with Crippen LogP contribution in [0, 0.1) is 6.92 Å². The molecule has 2 aromatic carbocycles. The van der Waals surface area contributed by atoms with Gasteiger partial charge in [0.25, 0.3) is 5.91 Å². The fourth-order valence-electron chi connectivity index (χ4n) is 7.13. The summed E-state index contributed by atoms with van der Waals surface area (Å²) in [5.74, 6) is -0.552. The van der Waals surface area contributed by atoms with Gasteiger partial charge < -0.3 is 29.6 Å². The van der Waals surface area contributed by atoms with Crippen LogP contribution in [0.3, 0.4) is 0 Å². The molecule has 2 saturated heterocycles. The van der Waals surface area contributed by atoms with Crippen molar-refractivity contribution < 1.29 is 23.5 Å². The van der Waals surface area contributed by atoms with Gasteiger partial charge >= 0.3 is 17.9 Å². The van der Waals surface area contributed by atoms with Crippen molar-refractivity contribution in [2.75, 3.05) is 31.5 Å². The first kappa shape index (κ1) is 29.6. The Bertz CT molecular complexity index is 1840. The number of ether oxygens (including phenoxy) is 1. The average molecular weight is 625 g/mol. The number of aromatic nitrogens is 2. The molecule has 12 heteroatoms. The van der Waals surface area contributed by atoms with E-state index in [1.165, 1.54) is 0 Å². The number of benzene rings is 2. The van der Waals surface area contributed by atoms with E-state index in [1.54, 1.807) is 22.1 Å². The van der Waals surface area contributed by atoms with Gasteiger partial charge in [0.2, 0.25) is 0 Å². The summed E-state index contributed by atoms with van der Waals surface area (Å²) in [7, 11) is 0. The van der Waals surface area contributed by atoms with Crippen LogP contribution in [-0.4, -0.2) is 70.1 Å². The number of carbonyl (C=O) groups is 3. The lowest BCUT2D eigenvalue weighted by molar-refractivity contribution is -0.142. The van der Waals surface area contributed by atoms with E-state index in [0.29, 0.717) is 55.7 Å². The third-order valence-electron chi connectivity index (χ3n) is 9.56. The summed E-state index contributed by atoms with van der Waals surface area (Å²) in [6, 6.07) is 16.9. The molecule has 0 aliphatic carbocycles. The molecule has 1 atom stereocenters. The normalized spacial score (nSPS) is 18.5. The third-order valence-corrected chi connectivity index (χ3v) is 9.56. The zero-order valence-corrected chi connectivity index (χ0v) is 25.6. The summed E-state index contributed by atoms with van der Waals surface area (Å²) < 4.78 is 11.3. The summed E-state index contributed by atoms with van der Waals surface area (Å²) in [4.78, 5) is 62.5. The molecule has 0 saturated carbocycles. The first-order valence-corrected chi connectivity index (χ1v) is 15.7. The maximum Gasteiger partial charge on any atom is 0.417 e. The molecule has 12 nitrogen and oxygen atoms in total. The number of nitrogens with one attached hydrogen (secondary N) is 3. The van der Waals surface area contributed by atoms with Gasteiger partial charge in [0.15, 0.2) is 11.7 Å². The molecule has 0 bridgehead atoms. The summed E-state index contributed by atoms with van der Waals surface area (Å²) in [6.45, 7) is 3.60. The highest BCUT2D eigenvalue weighted by atomic mass is 16.6. The van der Waals surface area contributed by atoms with Crippen LogP contribution in [-0.2, 0) is 21.5 Å². The Balaban J connectivity index is 1.08. The van der Waals surface area contributed by atoms with Crippen molar-refractivity contribution in [3.05, 3.63) is 93.7 Å². The number of rotatable bonds is 5. The predicted molar refractivity (Wildman–Crippen MR) is 169 cm³/mol. The summed E-state index contributed by atoms with van der Waals surface area (Å²) >= 11 is 0. The third kappa shape index (κ3) is 5.70. The van der Waals surface area contributed by atoms with E-state index in [0.717, 1.165) is 35.3 Å². The molecule has 1 spiro atoms. The second kappa shape index (κ2) is 12.0. The highest BCUT2D eigenvalue weighted by Gasteiger charge is 2.43. The van der Waals surface area contributed by atoms with Gasteiger partial charge in [-0.05, 0) is 68.0 Å². The fourth-order valence-corrected chi connectivity index (χ4v) is 7.13. The van der Waals surface area contributed by atoms with Crippen LogP contribution in [0.5, 0.6) is 0 Å². The van der Waals surface area contributed by atoms with Crippen molar-refractivity contribution in [2.24, 2.45) is 0 Å². The van der Waals surface area contributed by atoms with Crippen LogP contribution in [0.2, 0.25) is 0 Å². The van der Waals surface area contributed by atoms with Crippen molar-refractivity contribution in [3.8, 4) is 0 Å². The Labute approximate surface area is 265 Å². The van der Waals surface area contributed by atoms with Crippen molar-refractivity contribution in [1.29, 1.82) is 0 Å². The number of likely N-dealkylation sites (tertiary alicyclic amines) is 2. The summed E-state index contributed by atoms with van der Waals surface area (Å²) in [5.41, 5.74) is 4.68. The topological polar surface area (TPSA) is 150 Å². The maximum atomic E-state index is 14.0. The monoisotopic (exact) mass is 624 g/mol. The molecule has 2 aromatic heterocycles. The van der Waals surface area contributed by atoms with Crippen LogP contribution in [0.4, 0.5) is 15.3 Å². The Morgan fingerprint density at radius 3 is 2.54 bits per heavy atom. The standard InChI is InChI=1S/C34H36N6O6/c1-21-18-22(19-27-29(21)37-32(43)45-27)20-28(30(41)39-14-9-23(10-15-39)25-7-4-5-13-35-25)46-33(44)40-16-11-34(12-17-40)24-6-2-3-8-26(24)36-31(42)38-34/h2-8,13,18-19,23,28H,9-12,14-17,20H2,1H3,(H,37,43)(H2,36,38,42). The van der Waals surface area contributed by atoms with Crippen molar-refractivity contribution in [1.82, 2.24) is 25.1 Å². The number of hydrogen-bond acceptors (Lipinski definition) is 7. The number of anilines is 1. The highest BCUT2D eigenvalue weighted by molar-refractivity contribution is 5.94. The predicted octanol–water partition coefficient (Wildman–Crippen LogP) is 4.40. The van der Waals surface area contributed by atoms with Crippen LogP contribution >= 0.6 is 0 Å². The van der Waals surface area contributed by atoms with Crippen LogP contribution in [0.1, 0.15) is 54.0 Å². The molecular formula is C34H36N6O6. The Hall–Kier alpha value is -5.13. The molecule has 3 N–H and O–H groups in total. The van der Waals surface area contributed by atoms with Gasteiger partial charge in [-0.3, -0.25) is 14.8 Å². The van der Waals surface area contributed by atoms with E-state index in [-0.39, 0.29) is 24.3 Å². The van der Waals surface area contributed by atoms with Crippen LogP contribution in [0.15, 0.2) is 70.0 Å². The summed E-state index contributed by atoms with van der Waals surface area (Å²) in [5, 5.41) is 5.95. The average Bonchev–Trinajstić information content (AvgIpc) is 3.45. The van der Waals surface area contributed by atoms with Crippen molar-refractivity contribution in [3.63, 3.8) is 0 Å². The number of aromatic amines is 1. The Kier molecular flexibility index (Phi) is 7.71. The molecule has 238 valence electrons. The molecule has 1 unspecified atom stereocenters. The van der Waals surface area contributed by atoms with Crippen LogP contribution < -0.4 is 16.4 Å². The Morgan fingerprint density at radius 2 is 1.78 bits per heavy atom. The van der Waals surface area contributed by atoms with Crippen molar-refractivity contribution in [2.45, 2.75) is 56.6 Å². The second-order valence-corrected chi connectivity index (χ2v) is 12.4. The molecule has 5 heterocycles. The SMILES string of the molecule is Cc1cc(CC(OC(=O)N2CCC3(CC2)NC(=O)Nc2ccccc23)C(=O)N2CCC(c3ccccn3)CC2)cc2oc(=O)[nH]c12. The number of fused-ring (bicyclic) bond motifs is 3. The van der Waals surface area contributed by atoms with E-state index < -0.39 is 23.5 Å². The minimum atomic E-state index is -1.07. The lowest BCUT2D eigenvalue weighted by atomic mass is 9.79. The van der Waals surface area contributed by atoms with Gasteiger partial charge in [0, 0.05) is 61.7 Å². The number of nitrogens with zero attached hydrogens (tertiary/aromatic N) is 3. The molecule has 7 rings (SSSR count). The molecule has 3 aliphatic heterocycles.